The summed E-state index contributed by atoms with van der Waals surface area (Å²) in [5, 5.41) is 10.4. The maximum atomic E-state index is 10.4. The van der Waals surface area contributed by atoms with Gasteiger partial charge in [0.05, 0.1) is 13.2 Å². The van der Waals surface area contributed by atoms with Gasteiger partial charge in [0.1, 0.15) is 5.75 Å². The molecule has 0 spiro atoms. The second kappa shape index (κ2) is 6.44. The van der Waals surface area contributed by atoms with Crippen molar-refractivity contribution in [2.45, 2.75) is 13.0 Å². The molecule has 0 aliphatic carbocycles. The van der Waals surface area contributed by atoms with E-state index in [9.17, 15) is 5.11 Å². The zero-order valence-corrected chi connectivity index (χ0v) is 12.2. The number of aliphatic hydroxyl groups excluding tert-OH is 1. The Morgan fingerprint density at radius 2 is 1.75 bits per heavy atom. The molecule has 1 atom stereocenters. The second-order valence-corrected chi connectivity index (χ2v) is 4.92. The SMILES string of the molecule is COc1ccccc1C(O)CN(C)c1ccccc1C. The fraction of sp³-hybridized carbons (Fsp3) is 0.294. The molecule has 3 nitrogen and oxygen atoms in total. The van der Waals surface area contributed by atoms with Crippen molar-refractivity contribution >= 4 is 5.69 Å². The number of anilines is 1. The van der Waals surface area contributed by atoms with Gasteiger partial charge in [0.25, 0.3) is 0 Å². The lowest BCUT2D eigenvalue weighted by atomic mass is 10.1. The number of ether oxygens (including phenoxy) is 1. The highest BCUT2D eigenvalue weighted by molar-refractivity contribution is 5.52. The lowest BCUT2D eigenvalue weighted by Crippen LogP contribution is -2.25. The quantitative estimate of drug-likeness (QED) is 0.906. The molecule has 2 aromatic carbocycles. The van der Waals surface area contributed by atoms with Crippen molar-refractivity contribution in [3.05, 3.63) is 59.7 Å². The van der Waals surface area contributed by atoms with Crippen LogP contribution in [-0.4, -0.2) is 25.8 Å². The van der Waals surface area contributed by atoms with E-state index < -0.39 is 6.10 Å². The topological polar surface area (TPSA) is 32.7 Å². The standard InChI is InChI=1S/C17H21NO2/c1-13-8-4-6-10-15(13)18(2)12-16(19)14-9-5-7-11-17(14)20-3/h4-11,16,19H,12H2,1-3H3. The predicted molar refractivity (Wildman–Crippen MR) is 82.4 cm³/mol. The molecule has 1 N–H and O–H groups in total. The minimum absolute atomic E-state index is 0.519. The Hall–Kier alpha value is -2.00. The monoisotopic (exact) mass is 271 g/mol. The first-order valence-electron chi connectivity index (χ1n) is 6.71. The van der Waals surface area contributed by atoms with Crippen molar-refractivity contribution < 1.29 is 9.84 Å². The van der Waals surface area contributed by atoms with Crippen LogP contribution in [0.5, 0.6) is 5.75 Å². The fourth-order valence-electron chi connectivity index (χ4n) is 2.39. The summed E-state index contributed by atoms with van der Waals surface area (Å²) in [5.41, 5.74) is 3.14. The van der Waals surface area contributed by atoms with E-state index in [1.165, 1.54) is 5.56 Å². The fourth-order valence-corrected chi connectivity index (χ4v) is 2.39. The van der Waals surface area contributed by atoms with E-state index in [1.807, 2.05) is 43.4 Å². The number of aryl methyl sites for hydroxylation is 1. The molecule has 3 heteroatoms. The summed E-state index contributed by atoms with van der Waals surface area (Å²) < 4.78 is 5.30. The third kappa shape index (κ3) is 3.11. The Balaban J connectivity index is 2.15. The summed E-state index contributed by atoms with van der Waals surface area (Å²) in [6, 6.07) is 15.7. The molecule has 0 fully saturated rings. The molecule has 2 aromatic rings. The predicted octanol–water partition coefficient (Wildman–Crippen LogP) is 3.17. The largest absolute Gasteiger partial charge is 0.496 e. The average Bonchev–Trinajstić information content (AvgIpc) is 2.47. The molecular formula is C17H21NO2. The molecule has 0 aromatic heterocycles. The van der Waals surface area contributed by atoms with Crippen LogP contribution in [0, 0.1) is 6.92 Å². The normalized spacial score (nSPS) is 12.0. The van der Waals surface area contributed by atoms with Gasteiger partial charge in [-0.3, -0.25) is 0 Å². The van der Waals surface area contributed by atoms with Gasteiger partial charge in [-0.15, -0.1) is 0 Å². The van der Waals surface area contributed by atoms with E-state index in [-0.39, 0.29) is 0 Å². The van der Waals surface area contributed by atoms with E-state index in [0.717, 1.165) is 17.0 Å². The van der Waals surface area contributed by atoms with Crippen LogP contribution in [0.4, 0.5) is 5.69 Å². The minimum atomic E-state index is -0.587. The Morgan fingerprint density at radius 3 is 2.45 bits per heavy atom. The lowest BCUT2D eigenvalue weighted by molar-refractivity contribution is 0.180. The van der Waals surface area contributed by atoms with Crippen LogP contribution in [0.25, 0.3) is 0 Å². The number of nitrogens with zero attached hydrogens (tertiary/aromatic N) is 1. The summed E-state index contributed by atoms with van der Waals surface area (Å²) in [6.07, 6.45) is -0.587. The Morgan fingerprint density at radius 1 is 1.10 bits per heavy atom. The van der Waals surface area contributed by atoms with Crippen LogP contribution in [0.2, 0.25) is 0 Å². The lowest BCUT2D eigenvalue weighted by Gasteiger charge is -2.25. The first kappa shape index (κ1) is 14.4. The van der Waals surface area contributed by atoms with Gasteiger partial charge in [-0.25, -0.2) is 0 Å². The number of hydrogen-bond donors (Lipinski definition) is 1. The van der Waals surface area contributed by atoms with Crippen molar-refractivity contribution in [3.63, 3.8) is 0 Å². The van der Waals surface area contributed by atoms with Gasteiger partial charge in [0, 0.05) is 24.8 Å². The molecule has 0 saturated heterocycles. The minimum Gasteiger partial charge on any atom is -0.496 e. The van der Waals surface area contributed by atoms with Crippen LogP contribution < -0.4 is 9.64 Å². The maximum Gasteiger partial charge on any atom is 0.124 e. The zero-order chi connectivity index (χ0) is 14.5. The van der Waals surface area contributed by atoms with Crippen molar-refractivity contribution in [1.29, 1.82) is 0 Å². The van der Waals surface area contributed by atoms with Gasteiger partial charge in [0.15, 0.2) is 0 Å². The summed E-state index contributed by atoms with van der Waals surface area (Å²) in [6.45, 7) is 2.59. The maximum absolute atomic E-state index is 10.4. The molecule has 106 valence electrons. The van der Waals surface area contributed by atoms with Gasteiger partial charge in [-0.1, -0.05) is 36.4 Å². The van der Waals surface area contributed by atoms with Crippen LogP contribution in [-0.2, 0) is 0 Å². The number of likely N-dealkylation sites (N-methyl/N-ethyl adjacent to an activating group) is 1. The first-order valence-corrected chi connectivity index (χ1v) is 6.71. The molecule has 0 saturated carbocycles. The molecule has 0 radical (unpaired) electrons. The summed E-state index contributed by atoms with van der Waals surface area (Å²) in [4.78, 5) is 2.06. The summed E-state index contributed by atoms with van der Waals surface area (Å²) in [5.74, 6) is 0.721. The highest BCUT2D eigenvalue weighted by Gasteiger charge is 2.15. The average molecular weight is 271 g/mol. The van der Waals surface area contributed by atoms with Gasteiger partial charge in [0.2, 0.25) is 0 Å². The first-order chi connectivity index (χ1) is 9.63. The summed E-state index contributed by atoms with van der Waals surface area (Å²) >= 11 is 0. The second-order valence-electron chi connectivity index (χ2n) is 4.92. The molecule has 0 amide bonds. The van der Waals surface area contributed by atoms with Crippen molar-refractivity contribution in [3.8, 4) is 5.75 Å². The number of rotatable bonds is 5. The van der Waals surface area contributed by atoms with Crippen LogP contribution in [0.15, 0.2) is 48.5 Å². The third-order valence-electron chi connectivity index (χ3n) is 3.47. The van der Waals surface area contributed by atoms with Gasteiger partial charge < -0.3 is 14.7 Å². The van der Waals surface area contributed by atoms with E-state index in [2.05, 4.69) is 24.0 Å². The number of benzene rings is 2. The van der Waals surface area contributed by atoms with Crippen molar-refractivity contribution in [2.24, 2.45) is 0 Å². The van der Waals surface area contributed by atoms with Gasteiger partial charge in [-0.05, 0) is 24.6 Å². The number of methoxy groups -OCH3 is 1. The molecule has 0 heterocycles. The number of hydrogen-bond acceptors (Lipinski definition) is 3. The number of aliphatic hydroxyl groups is 1. The summed E-state index contributed by atoms with van der Waals surface area (Å²) in [7, 11) is 3.61. The van der Waals surface area contributed by atoms with Crippen LogP contribution in [0.3, 0.4) is 0 Å². The van der Waals surface area contributed by atoms with E-state index in [4.69, 9.17) is 4.74 Å². The highest BCUT2D eigenvalue weighted by Crippen LogP contribution is 2.27. The zero-order valence-electron chi connectivity index (χ0n) is 12.2. The molecular weight excluding hydrogens is 250 g/mol. The van der Waals surface area contributed by atoms with Gasteiger partial charge >= 0.3 is 0 Å². The Bertz CT molecular complexity index is 568. The van der Waals surface area contributed by atoms with Gasteiger partial charge in [-0.2, -0.15) is 0 Å². The van der Waals surface area contributed by atoms with E-state index in [1.54, 1.807) is 7.11 Å². The van der Waals surface area contributed by atoms with Crippen LogP contribution in [0.1, 0.15) is 17.2 Å². The van der Waals surface area contributed by atoms with E-state index >= 15 is 0 Å². The molecule has 0 aliphatic heterocycles. The molecule has 0 bridgehead atoms. The molecule has 0 aliphatic rings. The van der Waals surface area contributed by atoms with E-state index in [0.29, 0.717) is 6.54 Å². The van der Waals surface area contributed by atoms with Crippen LogP contribution >= 0.6 is 0 Å². The Labute approximate surface area is 120 Å². The van der Waals surface area contributed by atoms with Crippen molar-refractivity contribution in [2.75, 3.05) is 25.6 Å². The smallest absolute Gasteiger partial charge is 0.124 e. The molecule has 20 heavy (non-hydrogen) atoms. The highest BCUT2D eigenvalue weighted by atomic mass is 16.5. The number of para-hydroxylation sites is 2. The van der Waals surface area contributed by atoms with Crippen molar-refractivity contribution in [1.82, 2.24) is 0 Å². The molecule has 1 unspecified atom stereocenters. The molecule has 2 rings (SSSR count). The Kier molecular flexibility index (Phi) is 4.64. The third-order valence-corrected chi connectivity index (χ3v) is 3.47.